The molecule has 0 atom stereocenters. The summed E-state index contributed by atoms with van der Waals surface area (Å²) in [4.78, 5) is 13.1. The molecule has 1 amide bonds. The van der Waals surface area contributed by atoms with Gasteiger partial charge in [0.25, 0.3) is 0 Å². The Hall–Kier alpha value is -0.650. The second kappa shape index (κ2) is 4.47. The van der Waals surface area contributed by atoms with E-state index in [0.717, 1.165) is 9.35 Å². The van der Waals surface area contributed by atoms with Crippen LogP contribution >= 0.6 is 27.3 Å². The number of aliphatic hydroxyl groups is 1. The van der Waals surface area contributed by atoms with Gasteiger partial charge in [0.2, 0.25) is 5.91 Å². The number of thiophene rings is 1. The molecule has 1 aliphatic rings. The van der Waals surface area contributed by atoms with Crippen LogP contribution < -0.4 is 0 Å². The second-order valence-electron chi connectivity index (χ2n) is 3.41. The smallest absolute Gasteiger partial charge is 0.246 e. The van der Waals surface area contributed by atoms with Gasteiger partial charge in [0.05, 0.1) is 9.89 Å². The number of halogens is 1. The average molecular weight is 288 g/mol. The number of rotatable bonds is 2. The van der Waals surface area contributed by atoms with Gasteiger partial charge < -0.3 is 10.0 Å². The van der Waals surface area contributed by atoms with Gasteiger partial charge >= 0.3 is 0 Å². The van der Waals surface area contributed by atoms with Gasteiger partial charge in [-0.05, 0) is 39.0 Å². The van der Waals surface area contributed by atoms with E-state index in [9.17, 15) is 4.79 Å². The van der Waals surface area contributed by atoms with E-state index in [0.29, 0.717) is 13.1 Å². The molecule has 80 valence electrons. The molecule has 5 heteroatoms. The quantitative estimate of drug-likeness (QED) is 0.842. The topological polar surface area (TPSA) is 40.5 Å². The second-order valence-corrected chi connectivity index (χ2v) is 5.70. The molecule has 15 heavy (non-hydrogen) atoms. The Morgan fingerprint density at radius 3 is 2.93 bits per heavy atom. The van der Waals surface area contributed by atoms with Crippen molar-refractivity contribution in [1.29, 1.82) is 0 Å². The average Bonchev–Trinajstić information content (AvgIpc) is 2.56. The van der Waals surface area contributed by atoms with Crippen LogP contribution in [-0.2, 0) is 4.79 Å². The van der Waals surface area contributed by atoms with Crippen molar-refractivity contribution in [1.82, 2.24) is 4.90 Å². The summed E-state index contributed by atoms with van der Waals surface area (Å²) in [7, 11) is 0. The van der Waals surface area contributed by atoms with E-state index >= 15 is 0 Å². The van der Waals surface area contributed by atoms with Crippen LogP contribution in [0.25, 0.3) is 6.08 Å². The fourth-order valence-electron chi connectivity index (χ4n) is 1.32. The highest BCUT2D eigenvalue weighted by Gasteiger charge is 2.26. The zero-order valence-electron chi connectivity index (χ0n) is 7.89. The van der Waals surface area contributed by atoms with Crippen molar-refractivity contribution in [3.63, 3.8) is 0 Å². The van der Waals surface area contributed by atoms with Crippen LogP contribution in [0.1, 0.15) is 5.56 Å². The van der Waals surface area contributed by atoms with Crippen LogP contribution in [0.5, 0.6) is 0 Å². The van der Waals surface area contributed by atoms with E-state index < -0.39 is 0 Å². The summed E-state index contributed by atoms with van der Waals surface area (Å²) >= 11 is 4.94. The molecular formula is C10H10BrNO2S. The van der Waals surface area contributed by atoms with Crippen molar-refractivity contribution in [3.05, 3.63) is 26.9 Å². The first kappa shape index (κ1) is 10.9. The zero-order chi connectivity index (χ0) is 10.8. The molecule has 0 saturated carbocycles. The van der Waals surface area contributed by atoms with Crippen molar-refractivity contribution < 1.29 is 9.90 Å². The Bertz CT molecular complexity index is 396. The summed E-state index contributed by atoms with van der Waals surface area (Å²) in [6, 6.07) is 1.96. The minimum absolute atomic E-state index is 0.0392. The summed E-state index contributed by atoms with van der Waals surface area (Å²) in [5.41, 5.74) is 1.02. The fourth-order valence-corrected chi connectivity index (χ4v) is 2.46. The first-order valence-corrected chi connectivity index (χ1v) is 6.21. The summed E-state index contributed by atoms with van der Waals surface area (Å²) in [5.74, 6) is -0.0392. The Balaban J connectivity index is 1.91. The molecule has 1 fully saturated rings. The van der Waals surface area contributed by atoms with Crippen LogP contribution in [0, 0.1) is 0 Å². The van der Waals surface area contributed by atoms with E-state index in [-0.39, 0.29) is 12.0 Å². The highest BCUT2D eigenvalue weighted by atomic mass is 79.9. The van der Waals surface area contributed by atoms with Gasteiger partial charge in [-0.1, -0.05) is 0 Å². The molecule has 1 aromatic heterocycles. The molecule has 0 unspecified atom stereocenters. The number of β-amino-alcohol motifs (C(OH)–C–C–N with tert-alkyl or cyclic N) is 1. The summed E-state index contributed by atoms with van der Waals surface area (Å²) < 4.78 is 1.05. The van der Waals surface area contributed by atoms with Crippen LogP contribution in [0.15, 0.2) is 21.3 Å². The van der Waals surface area contributed by atoms with Gasteiger partial charge in [-0.25, -0.2) is 0 Å². The van der Waals surface area contributed by atoms with E-state index in [1.54, 1.807) is 28.4 Å². The standard InChI is InChI=1S/C10H10BrNO2S/c11-9-3-7(6-15-9)1-2-10(14)12-4-8(13)5-12/h1-3,6,8,13H,4-5H2/b2-1+. The van der Waals surface area contributed by atoms with Crippen molar-refractivity contribution in [2.75, 3.05) is 13.1 Å². The minimum Gasteiger partial charge on any atom is -0.389 e. The highest BCUT2D eigenvalue weighted by Crippen LogP contribution is 2.21. The van der Waals surface area contributed by atoms with Crippen molar-refractivity contribution in [2.24, 2.45) is 0 Å². The van der Waals surface area contributed by atoms with Crippen LogP contribution in [-0.4, -0.2) is 35.1 Å². The maximum absolute atomic E-state index is 11.5. The molecule has 1 aromatic rings. The van der Waals surface area contributed by atoms with E-state index in [1.807, 2.05) is 11.4 Å². The lowest BCUT2D eigenvalue weighted by atomic mass is 10.1. The Labute approximate surface area is 100 Å². The molecule has 0 radical (unpaired) electrons. The van der Waals surface area contributed by atoms with Crippen molar-refractivity contribution >= 4 is 39.2 Å². The maximum Gasteiger partial charge on any atom is 0.246 e. The van der Waals surface area contributed by atoms with E-state index in [4.69, 9.17) is 5.11 Å². The fraction of sp³-hybridized carbons (Fsp3) is 0.300. The van der Waals surface area contributed by atoms with E-state index in [2.05, 4.69) is 15.9 Å². The summed E-state index contributed by atoms with van der Waals surface area (Å²) in [5, 5.41) is 11.0. The molecule has 1 saturated heterocycles. The first-order chi connectivity index (χ1) is 7.15. The van der Waals surface area contributed by atoms with Crippen LogP contribution in [0.4, 0.5) is 0 Å². The molecular weight excluding hydrogens is 278 g/mol. The monoisotopic (exact) mass is 287 g/mol. The lowest BCUT2D eigenvalue weighted by Crippen LogP contribution is -2.52. The number of carbonyl (C=O) groups is 1. The Kier molecular flexibility index (Phi) is 3.23. The number of hydrogen-bond acceptors (Lipinski definition) is 3. The molecule has 0 bridgehead atoms. The molecule has 2 rings (SSSR count). The molecule has 0 spiro atoms. The molecule has 0 aliphatic carbocycles. The molecule has 2 heterocycles. The van der Waals surface area contributed by atoms with Crippen molar-refractivity contribution in [2.45, 2.75) is 6.10 Å². The molecule has 1 aliphatic heterocycles. The minimum atomic E-state index is -0.336. The third-order valence-corrected chi connectivity index (χ3v) is 3.70. The number of hydrogen-bond donors (Lipinski definition) is 1. The lowest BCUT2D eigenvalue weighted by Gasteiger charge is -2.34. The van der Waals surface area contributed by atoms with Gasteiger partial charge in [0.1, 0.15) is 0 Å². The van der Waals surface area contributed by atoms with E-state index in [1.165, 1.54) is 0 Å². The third kappa shape index (κ3) is 2.68. The molecule has 3 nitrogen and oxygen atoms in total. The van der Waals surface area contributed by atoms with Gasteiger partial charge in [-0.3, -0.25) is 4.79 Å². The third-order valence-electron chi connectivity index (χ3n) is 2.18. The SMILES string of the molecule is O=C(/C=C/c1csc(Br)c1)N1CC(O)C1. The number of nitrogens with zero attached hydrogens (tertiary/aromatic N) is 1. The maximum atomic E-state index is 11.5. The number of amides is 1. The predicted octanol–water partition coefficient (Wildman–Crippen LogP) is 1.73. The van der Waals surface area contributed by atoms with Gasteiger partial charge in [-0.15, -0.1) is 11.3 Å². The van der Waals surface area contributed by atoms with Gasteiger partial charge in [0.15, 0.2) is 0 Å². The molecule has 1 N–H and O–H groups in total. The molecule has 0 aromatic carbocycles. The predicted molar refractivity (Wildman–Crippen MR) is 63.6 cm³/mol. The van der Waals surface area contributed by atoms with Gasteiger partial charge in [0, 0.05) is 19.2 Å². The summed E-state index contributed by atoms with van der Waals surface area (Å²) in [6.45, 7) is 0.910. The Morgan fingerprint density at radius 1 is 1.67 bits per heavy atom. The van der Waals surface area contributed by atoms with Crippen LogP contribution in [0.2, 0.25) is 0 Å². The first-order valence-electron chi connectivity index (χ1n) is 4.54. The van der Waals surface area contributed by atoms with Crippen molar-refractivity contribution in [3.8, 4) is 0 Å². The zero-order valence-corrected chi connectivity index (χ0v) is 10.3. The lowest BCUT2D eigenvalue weighted by molar-refractivity contribution is -0.135. The largest absolute Gasteiger partial charge is 0.389 e. The van der Waals surface area contributed by atoms with Gasteiger partial charge in [-0.2, -0.15) is 0 Å². The van der Waals surface area contributed by atoms with Crippen LogP contribution in [0.3, 0.4) is 0 Å². The summed E-state index contributed by atoms with van der Waals surface area (Å²) in [6.07, 6.45) is 2.99. The normalized spacial score (nSPS) is 17.1. The highest BCUT2D eigenvalue weighted by molar-refractivity contribution is 9.11. The number of likely N-dealkylation sites (tertiary alicyclic amines) is 1. The number of aliphatic hydroxyl groups excluding tert-OH is 1. The number of carbonyl (C=O) groups excluding carboxylic acids is 1. The Morgan fingerprint density at radius 2 is 2.40 bits per heavy atom.